The van der Waals surface area contributed by atoms with Gasteiger partial charge in [0.15, 0.2) is 6.61 Å². The number of nitrogens with one attached hydrogen (secondary N) is 2. The molecule has 2 amide bonds. The molecule has 0 saturated carbocycles. The number of esters is 1. The second-order valence-corrected chi connectivity index (χ2v) is 4.87. The number of ether oxygens (including phenoxy) is 2. The monoisotopic (exact) mass is 322 g/mol. The fourth-order valence-electron chi connectivity index (χ4n) is 1.90. The molecule has 0 aliphatic carbocycles. The van der Waals surface area contributed by atoms with Crippen molar-refractivity contribution in [2.24, 2.45) is 0 Å². The topological polar surface area (TPSA) is 93.7 Å². The van der Waals surface area contributed by atoms with E-state index in [0.29, 0.717) is 13.2 Å². The van der Waals surface area contributed by atoms with Crippen molar-refractivity contribution in [2.75, 3.05) is 26.9 Å². The highest BCUT2D eigenvalue weighted by Crippen LogP contribution is 2.17. The highest BCUT2D eigenvalue weighted by Gasteiger charge is 2.18. The van der Waals surface area contributed by atoms with Crippen molar-refractivity contribution < 1.29 is 23.9 Å². The number of carbonyl (C=O) groups excluding carboxylic acids is 3. The maximum absolute atomic E-state index is 11.9. The minimum atomic E-state index is -0.561. The van der Waals surface area contributed by atoms with E-state index in [-0.39, 0.29) is 18.9 Å². The molecule has 1 atom stereocenters. The standard InChI is InChI=1S/C16H22N2O5/c1-12(19)18-14(13-6-4-3-5-7-13)10-16(21)23-11-15(20)17-8-9-22-2/h3-7,14H,8-11H2,1-2H3,(H,17,20)(H,18,19)/t14-/m1/s1. The van der Waals surface area contributed by atoms with E-state index in [2.05, 4.69) is 10.6 Å². The summed E-state index contributed by atoms with van der Waals surface area (Å²) in [6.45, 7) is 1.76. The van der Waals surface area contributed by atoms with E-state index in [9.17, 15) is 14.4 Å². The van der Waals surface area contributed by atoms with Gasteiger partial charge >= 0.3 is 5.97 Å². The summed E-state index contributed by atoms with van der Waals surface area (Å²) in [6, 6.07) is 8.61. The van der Waals surface area contributed by atoms with Gasteiger partial charge in [-0.25, -0.2) is 0 Å². The second-order valence-electron chi connectivity index (χ2n) is 4.87. The molecule has 2 N–H and O–H groups in total. The zero-order valence-corrected chi connectivity index (χ0v) is 13.3. The van der Waals surface area contributed by atoms with Crippen LogP contribution in [-0.2, 0) is 23.9 Å². The lowest BCUT2D eigenvalue weighted by Gasteiger charge is -2.17. The Balaban J connectivity index is 2.48. The van der Waals surface area contributed by atoms with Crippen LogP contribution in [0.2, 0.25) is 0 Å². The highest BCUT2D eigenvalue weighted by atomic mass is 16.5. The van der Waals surface area contributed by atoms with Gasteiger partial charge in [0.2, 0.25) is 5.91 Å². The minimum Gasteiger partial charge on any atom is -0.456 e. The normalized spacial score (nSPS) is 11.4. The molecule has 0 aromatic heterocycles. The van der Waals surface area contributed by atoms with E-state index in [1.54, 1.807) is 0 Å². The van der Waals surface area contributed by atoms with Crippen LogP contribution in [0, 0.1) is 0 Å². The predicted octanol–water partition coefficient (Wildman–Crippen LogP) is 0.560. The Morgan fingerprint density at radius 1 is 1.17 bits per heavy atom. The Hall–Kier alpha value is -2.41. The van der Waals surface area contributed by atoms with Gasteiger partial charge in [-0.05, 0) is 5.56 Å². The lowest BCUT2D eigenvalue weighted by Crippen LogP contribution is -2.32. The highest BCUT2D eigenvalue weighted by molar-refractivity contribution is 5.81. The summed E-state index contributed by atoms with van der Waals surface area (Å²) in [6.07, 6.45) is -0.0467. The summed E-state index contributed by atoms with van der Waals surface area (Å²) < 4.78 is 9.72. The molecular weight excluding hydrogens is 300 g/mol. The van der Waals surface area contributed by atoms with E-state index < -0.39 is 17.9 Å². The third kappa shape index (κ3) is 7.96. The molecule has 0 radical (unpaired) electrons. The van der Waals surface area contributed by atoms with Crippen LogP contribution in [0.1, 0.15) is 24.9 Å². The third-order valence-electron chi connectivity index (χ3n) is 2.94. The Morgan fingerprint density at radius 3 is 2.48 bits per heavy atom. The summed E-state index contributed by atoms with van der Waals surface area (Å²) in [5.74, 6) is -1.20. The first kappa shape index (κ1) is 18.6. The van der Waals surface area contributed by atoms with Crippen LogP contribution in [0.4, 0.5) is 0 Å². The van der Waals surface area contributed by atoms with E-state index in [1.807, 2.05) is 30.3 Å². The molecule has 1 rings (SSSR count). The average molecular weight is 322 g/mol. The van der Waals surface area contributed by atoms with E-state index in [1.165, 1.54) is 14.0 Å². The number of hydrogen-bond donors (Lipinski definition) is 2. The third-order valence-corrected chi connectivity index (χ3v) is 2.94. The molecule has 7 heteroatoms. The quantitative estimate of drug-likeness (QED) is 0.512. The van der Waals surface area contributed by atoms with Gasteiger partial charge < -0.3 is 20.1 Å². The molecule has 0 aliphatic heterocycles. The van der Waals surface area contributed by atoms with Crippen molar-refractivity contribution in [1.29, 1.82) is 0 Å². The zero-order valence-electron chi connectivity index (χ0n) is 13.3. The van der Waals surface area contributed by atoms with Crippen LogP contribution in [0.25, 0.3) is 0 Å². The molecule has 0 unspecified atom stereocenters. The zero-order chi connectivity index (χ0) is 17.1. The van der Waals surface area contributed by atoms with Crippen LogP contribution in [0.15, 0.2) is 30.3 Å². The Morgan fingerprint density at radius 2 is 1.87 bits per heavy atom. The summed E-state index contributed by atoms with van der Waals surface area (Å²) in [5, 5.41) is 5.25. The molecule has 0 heterocycles. The van der Waals surface area contributed by atoms with Crippen LogP contribution in [-0.4, -0.2) is 44.7 Å². The second kappa shape index (κ2) is 10.3. The molecule has 0 bridgehead atoms. The van der Waals surface area contributed by atoms with Gasteiger partial charge in [-0.2, -0.15) is 0 Å². The molecule has 126 valence electrons. The molecule has 0 aliphatic rings. The first-order chi connectivity index (χ1) is 11.0. The van der Waals surface area contributed by atoms with Crippen LogP contribution in [0.5, 0.6) is 0 Å². The molecule has 1 aromatic rings. The minimum absolute atomic E-state index is 0.0467. The van der Waals surface area contributed by atoms with Crippen molar-refractivity contribution in [2.45, 2.75) is 19.4 Å². The lowest BCUT2D eigenvalue weighted by atomic mass is 10.0. The molecule has 7 nitrogen and oxygen atoms in total. The van der Waals surface area contributed by atoms with Crippen molar-refractivity contribution in [3.8, 4) is 0 Å². The average Bonchev–Trinajstić information content (AvgIpc) is 2.53. The van der Waals surface area contributed by atoms with E-state index in [0.717, 1.165) is 5.56 Å². The Labute approximate surface area is 135 Å². The van der Waals surface area contributed by atoms with Crippen molar-refractivity contribution in [3.05, 3.63) is 35.9 Å². The molecule has 23 heavy (non-hydrogen) atoms. The first-order valence-electron chi connectivity index (χ1n) is 7.26. The van der Waals surface area contributed by atoms with Gasteiger partial charge in [-0.15, -0.1) is 0 Å². The number of carbonyl (C=O) groups is 3. The number of methoxy groups -OCH3 is 1. The van der Waals surface area contributed by atoms with Gasteiger partial charge in [0.25, 0.3) is 5.91 Å². The smallest absolute Gasteiger partial charge is 0.308 e. The number of rotatable bonds is 9. The fraction of sp³-hybridized carbons (Fsp3) is 0.438. The van der Waals surface area contributed by atoms with Gasteiger partial charge in [0.1, 0.15) is 0 Å². The first-order valence-corrected chi connectivity index (χ1v) is 7.26. The predicted molar refractivity (Wildman–Crippen MR) is 83.5 cm³/mol. The number of amides is 2. The SMILES string of the molecule is COCCNC(=O)COC(=O)C[C@@H](NC(C)=O)c1ccccc1. The molecule has 0 fully saturated rings. The van der Waals surface area contributed by atoms with Crippen molar-refractivity contribution in [1.82, 2.24) is 10.6 Å². The van der Waals surface area contributed by atoms with Gasteiger partial charge in [-0.1, -0.05) is 30.3 Å². The van der Waals surface area contributed by atoms with E-state index >= 15 is 0 Å². The summed E-state index contributed by atoms with van der Waals surface area (Å²) in [4.78, 5) is 34.6. The van der Waals surface area contributed by atoms with Gasteiger partial charge in [0.05, 0.1) is 19.1 Å². The number of hydrogen-bond acceptors (Lipinski definition) is 5. The van der Waals surface area contributed by atoms with Crippen LogP contribution >= 0.6 is 0 Å². The van der Waals surface area contributed by atoms with Gasteiger partial charge in [-0.3, -0.25) is 14.4 Å². The Kier molecular flexibility index (Phi) is 8.38. The summed E-state index contributed by atoms with van der Waals surface area (Å²) in [5.41, 5.74) is 0.796. The Bertz CT molecular complexity index is 518. The van der Waals surface area contributed by atoms with Crippen molar-refractivity contribution >= 4 is 17.8 Å². The van der Waals surface area contributed by atoms with Gasteiger partial charge in [0, 0.05) is 20.6 Å². The fourth-order valence-corrected chi connectivity index (χ4v) is 1.90. The maximum atomic E-state index is 11.9. The lowest BCUT2D eigenvalue weighted by molar-refractivity contribution is -0.149. The molecule has 0 spiro atoms. The maximum Gasteiger partial charge on any atom is 0.308 e. The number of benzene rings is 1. The molecule has 0 saturated heterocycles. The van der Waals surface area contributed by atoms with Crippen LogP contribution < -0.4 is 10.6 Å². The molecular formula is C16H22N2O5. The van der Waals surface area contributed by atoms with Crippen molar-refractivity contribution in [3.63, 3.8) is 0 Å². The summed E-state index contributed by atoms with van der Waals surface area (Å²) in [7, 11) is 1.53. The largest absolute Gasteiger partial charge is 0.456 e. The summed E-state index contributed by atoms with van der Waals surface area (Å²) >= 11 is 0. The van der Waals surface area contributed by atoms with E-state index in [4.69, 9.17) is 9.47 Å². The van der Waals surface area contributed by atoms with Crippen LogP contribution in [0.3, 0.4) is 0 Å². The molecule has 1 aromatic carbocycles.